The Labute approximate surface area is 245 Å². The molecule has 5 nitrogen and oxygen atoms in total. The molecule has 0 saturated carbocycles. The van der Waals surface area contributed by atoms with Crippen LogP contribution in [0.1, 0.15) is 0 Å². The van der Waals surface area contributed by atoms with E-state index in [2.05, 4.69) is 34.2 Å². The second-order valence-electron chi connectivity index (χ2n) is 8.47. The van der Waals surface area contributed by atoms with Gasteiger partial charge in [0.05, 0.1) is 16.4 Å². The van der Waals surface area contributed by atoms with E-state index in [1.54, 1.807) is 18.2 Å². The number of benzene rings is 4. The fourth-order valence-electron chi connectivity index (χ4n) is 4.02. The molecule has 0 amide bonds. The molecule has 0 atom stereocenters. The van der Waals surface area contributed by atoms with E-state index < -0.39 is 0 Å². The summed E-state index contributed by atoms with van der Waals surface area (Å²) in [5.41, 5.74) is 4.38. The van der Waals surface area contributed by atoms with Gasteiger partial charge in [0.25, 0.3) is 0 Å². The van der Waals surface area contributed by atoms with Gasteiger partial charge in [0.2, 0.25) is 0 Å². The molecular formula is C32H21N4OPtS-. The fraction of sp³-hybridized carbons (Fsp3) is 0. The van der Waals surface area contributed by atoms with Crippen molar-refractivity contribution in [1.82, 2.24) is 19.9 Å². The van der Waals surface area contributed by atoms with E-state index >= 15 is 0 Å². The molecule has 0 aliphatic carbocycles. The van der Waals surface area contributed by atoms with Crippen LogP contribution >= 0.6 is 11.8 Å². The summed E-state index contributed by atoms with van der Waals surface area (Å²) in [6, 6.07) is 40.4. The van der Waals surface area contributed by atoms with Gasteiger partial charge >= 0.3 is 0 Å². The van der Waals surface area contributed by atoms with Gasteiger partial charge in [-0.05, 0) is 35.4 Å². The number of para-hydroxylation sites is 1. The Hall–Kier alpha value is -4.12. The number of pyridine rings is 1. The second kappa shape index (κ2) is 12.2. The van der Waals surface area contributed by atoms with Crippen molar-refractivity contribution in [2.45, 2.75) is 9.92 Å². The van der Waals surface area contributed by atoms with Crippen molar-refractivity contribution in [2.75, 3.05) is 0 Å². The van der Waals surface area contributed by atoms with Crippen LogP contribution in [0.3, 0.4) is 0 Å². The molecule has 2 aromatic heterocycles. The summed E-state index contributed by atoms with van der Waals surface area (Å²) < 4.78 is 0. The van der Waals surface area contributed by atoms with Crippen molar-refractivity contribution in [3.8, 4) is 51.0 Å². The summed E-state index contributed by atoms with van der Waals surface area (Å²) >= 11 is 1.53. The van der Waals surface area contributed by atoms with Gasteiger partial charge in [0.15, 0.2) is 11.6 Å². The van der Waals surface area contributed by atoms with E-state index in [1.807, 2.05) is 85.1 Å². The standard InChI is InChI=1S/C32H21N4OS.Pt/c37-28-17-8-7-16-27(28)32-35-30(23-12-5-2-6-13-23)34-31(36-32)25-14-9-15-26(20-25)38-29-21-24(18-19-33-29)22-10-3-1-4-11-22;/h1-19,21,37H;/q-1;. The summed E-state index contributed by atoms with van der Waals surface area (Å²) in [5, 5.41) is 11.4. The van der Waals surface area contributed by atoms with Crippen molar-refractivity contribution in [1.29, 1.82) is 0 Å². The van der Waals surface area contributed by atoms with Crippen LogP contribution in [-0.4, -0.2) is 25.0 Å². The first-order chi connectivity index (χ1) is 18.7. The minimum atomic E-state index is 0. The number of phenolic OH excluding ortho intramolecular Hbond substituents is 1. The van der Waals surface area contributed by atoms with Crippen molar-refractivity contribution in [3.05, 3.63) is 128 Å². The zero-order valence-corrected chi connectivity index (χ0v) is 23.6. The molecule has 1 N–H and O–H groups in total. The monoisotopic (exact) mass is 704 g/mol. The SMILES string of the molecule is Oc1ccccc1-c1nc(-c2[c-]c(Sc3cc(-c4ccccc4)ccn3)ccc2)nc(-c2ccccc2)n1.[Pt]. The van der Waals surface area contributed by atoms with Gasteiger partial charge < -0.3 is 5.11 Å². The molecule has 6 aromatic rings. The predicted molar refractivity (Wildman–Crippen MR) is 150 cm³/mol. The van der Waals surface area contributed by atoms with Gasteiger partial charge in [-0.2, -0.15) is 0 Å². The maximum absolute atomic E-state index is 10.5. The summed E-state index contributed by atoms with van der Waals surface area (Å²) in [7, 11) is 0. The molecule has 2 heterocycles. The molecule has 7 heteroatoms. The minimum absolute atomic E-state index is 0. The molecule has 0 fully saturated rings. The molecule has 0 radical (unpaired) electrons. The third-order valence-electron chi connectivity index (χ3n) is 5.88. The molecule has 0 saturated heterocycles. The van der Waals surface area contributed by atoms with Crippen LogP contribution in [0.25, 0.3) is 45.3 Å². The van der Waals surface area contributed by atoms with Gasteiger partial charge in [-0.15, -0.1) is 29.8 Å². The second-order valence-corrected chi connectivity index (χ2v) is 9.53. The van der Waals surface area contributed by atoms with Crippen LogP contribution in [0.4, 0.5) is 0 Å². The molecule has 0 aliphatic rings. The van der Waals surface area contributed by atoms with Gasteiger partial charge in [-0.1, -0.05) is 89.5 Å². The summed E-state index contributed by atoms with van der Waals surface area (Å²) in [4.78, 5) is 19.6. The normalized spacial score (nSPS) is 10.6. The molecule has 0 aliphatic heterocycles. The Balaban J connectivity index is 0.00000308. The summed E-state index contributed by atoms with van der Waals surface area (Å²) in [5.74, 6) is 1.51. The molecule has 0 bridgehead atoms. The van der Waals surface area contributed by atoms with Crippen molar-refractivity contribution in [2.24, 2.45) is 0 Å². The van der Waals surface area contributed by atoms with Gasteiger partial charge in [0.1, 0.15) is 5.75 Å². The fourth-order valence-corrected chi connectivity index (χ4v) is 4.85. The number of nitrogens with zero attached hydrogens (tertiary/aromatic N) is 4. The third-order valence-corrected chi connectivity index (χ3v) is 6.77. The number of aromatic nitrogens is 4. The van der Waals surface area contributed by atoms with E-state index in [0.29, 0.717) is 23.0 Å². The van der Waals surface area contributed by atoms with Crippen LogP contribution in [0.2, 0.25) is 0 Å². The molecule has 6 rings (SSSR count). The zero-order chi connectivity index (χ0) is 25.7. The van der Waals surface area contributed by atoms with Gasteiger partial charge in [-0.25, -0.2) is 9.97 Å². The number of rotatable bonds is 6. The quantitative estimate of drug-likeness (QED) is 0.180. The molecule has 4 aromatic carbocycles. The number of hydrogen-bond donors (Lipinski definition) is 1. The zero-order valence-electron chi connectivity index (χ0n) is 20.5. The van der Waals surface area contributed by atoms with Crippen LogP contribution < -0.4 is 0 Å². The Kier molecular flexibility index (Phi) is 8.26. The first-order valence-corrected chi connectivity index (χ1v) is 12.9. The Bertz CT molecular complexity index is 1720. The first-order valence-electron chi connectivity index (χ1n) is 12.0. The number of aromatic hydroxyl groups is 1. The maximum atomic E-state index is 10.5. The average molecular weight is 705 g/mol. The Morgan fingerprint density at radius 1 is 0.590 bits per heavy atom. The van der Waals surface area contributed by atoms with Crippen LogP contribution in [-0.2, 0) is 21.1 Å². The van der Waals surface area contributed by atoms with Crippen LogP contribution in [0.5, 0.6) is 5.75 Å². The maximum Gasteiger partial charge on any atom is 0.158 e. The molecule has 0 spiro atoms. The topological polar surface area (TPSA) is 71.8 Å². The van der Waals surface area contributed by atoms with Crippen molar-refractivity contribution in [3.63, 3.8) is 0 Å². The molecule has 192 valence electrons. The van der Waals surface area contributed by atoms with E-state index in [1.165, 1.54) is 11.8 Å². The van der Waals surface area contributed by atoms with E-state index in [9.17, 15) is 5.11 Å². The van der Waals surface area contributed by atoms with E-state index in [4.69, 9.17) is 9.97 Å². The van der Waals surface area contributed by atoms with Crippen molar-refractivity contribution < 1.29 is 26.2 Å². The number of hydrogen-bond acceptors (Lipinski definition) is 6. The largest absolute Gasteiger partial charge is 0.507 e. The molecule has 39 heavy (non-hydrogen) atoms. The van der Waals surface area contributed by atoms with Crippen LogP contribution in [0.15, 0.2) is 131 Å². The Morgan fingerprint density at radius 3 is 2.03 bits per heavy atom. The average Bonchev–Trinajstić information content (AvgIpc) is 2.98. The predicted octanol–water partition coefficient (Wildman–Crippen LogP) is 7.59. The first kappa shape index (κ1) is 26.5. The summed E-state index contributed by atoms with van der Waals surface area (Å²) in [6.45, 7) is 0. The molecule has 0 unspecified atom stereocenters. The summed E-state index contributed by atoms with van der Waals surface area (Å²) in [6.07, 6.45) is 1.82. The number of phenols is 1. The van der Waals surface area contributed by atoms with Crippen molar-refractivity contribution >= 4 is 11.8 Å². The minimum Gasteiger partial charge on any atom is -0.507 e. The van der Waals surface area contributed by atoms with E-state index in [0.717, 1.165) is 32.2 Å². The van der Waals surface area contributed by atoms with Gasteiger partial charge in [-0.3, -0.25) is 9.97 Å². The van der Waals surface area contributed by atoms with Crippen LogP contribution in [0, 0.1) is 6.07 Å². The smallest absolute Gasteiger partial charge is 0.158 e. The van der Waals surface area contributed by atoms with Gasteiger partial charge in [0, 0.05) is 32.8 Å². The molecular weight excluding hydrogens is 684 g/mol. The third kappa shape index (κ3) is 6.14. The Morgan fingerprint density at radius 2 is 1.26 bits per heavy atom. The van der Waals surface area contributed by atoms with E-state index in [-0.39, 0.29) is 26.8 Å².